The smallest absolute Gasteiger partial charge is 0.280 e. The molecule has 4 rings (SSSR count). The SMILES string of the molecule is CC(C)(C)OC1=C(O)C(=O)C(O)=C(O)C1=O.CC(C)(C)Oc1c(O)c(=O)c(=O)c1=O.CC(C)(C)Oc1c(O)c(=O)c1=O.CC(C)(C)Oc1c(O)c1=O. The number of aliphatic hydroxyl groups is 3. The van der Waals surface area contributed by atoms with Gasteiger partial charge in [-0.15, -0.1) is 0 Å². The van der Waals surface area contributed by atoms with E-state index in [0.717, 1.165) is 0 Å². The molecule has 0 saturated heterocycles. The van der Waals surface area contributed by atoms with Gasteiger partial charge in [0.15, 0.2) is 0 Å². The quantitative estimate of drug-likeness (QED) is 0.163. The minimum Gasteiger partial charge on any atom is -0.501 e. The summed E-state index contributed by atoms with van der Waals surface area (Å²) in [6, 6.07) is 0. The van der Waals surface area contributed by atoms with E-state index in [-0.39, 0.29) is 22.7 Å². The molecule has 0 aromatic heterocycles. The monoisotopic (exact) mass is 738 g/mol. The van der Waals surface area contributed by atoms with Gasteiger partial charge in [0.05, 0.1) is 0 Å². The summed E-state index contributed by atoms with van der Waals surface area (Å²) in [5.74, 6) is -8.65. The van der Waals surface area contributed by atoms with Gasteiger partial charge in [-0.2, -0.15) is 0 Å². The number of hydrogen-bond acceptors (Lipinski definition) is 18. The maximum absolute atomic E-state index is 11.4. The first kappa shape index (κ1) is 44.1. The van der Waals surface area contributed by atoms with Gasteiger partial charge < -0.3 is 49.6 Å². The van der Waals surface area contributed by atoms with Crippen LogP contribution in [0.2, 0.25) is 0 Å². The van der Waals surface area contributed by atoms with E-state index in [1.165, 1.54) is 0 Å². The molecule has 0 radical (unpaired) electrons. The van der Waals surface area contributed by atoms with Crippen molar-refractivity contribution in [2.45, 2.75) is 105 Å². The van der Waals surface area contributed by atoms with Gasteiger partial charge in [-0.3, -0.25) is 38.4 Å². The van der Waals surface area contributed by atoms with Crippen molar-refractivity contribution in [1.29, 1.82) is 0 Å². The molecule has 18 nitrogen and oxygen atoms in total. The third-order valence-corrected chi connectivity index (χ3v) is 5.39. The lowest BCUT2D eigenvalue weighted by molar-refractivity contribution is -0.127. The fraction of sp³-hybridized carbons (Fsp3) is 0.471. The van der Waals surface area contributed by atoms with Crippen molar-refractivity contribution < 1.29 is 59.2 Å². The zero-order valence-electron chi connectivity index (χ0n) is 30.6. The fourth-order valence-electron chi connectivity index (χ4n) is 3.28. The number of ether oxygens (including phenoxy) is 4. The van der Waals surface area contributed by atoms with E-state index in [0.29, 0.717) is 0 Å². The third kappa shape index (κ3) is 11.6. The van der Waals surface area contributed by atoms with Crippen LogP contribution in [0.4, 0.5) is 0 Å². The topological polar surface area (TPSA) is 295 Å². The van der Waals surface area contributed by atoms with Crippen LogP contribution in [0.5, 0.6) is 34.5 Å². The van der Waals surface area contributed by atoms with Crippen LogP contribution in [0, 0.1) is 0 Å². The zero-order valence-corrected chi connectivity index (χ0v) is 30.6. The summed E-state index contributed by atoms with van der Waals surface area (Å²) in [6.07, 6.45) is 0. The second-order valence-electron chi connectivity index (χ2n) is 14.9. The average molecular weight is 739 g/mol. The lowest BCUT2D eigenvalue weighted by Gasteiger charge is -2.24. The lowest BCUT2D eigenvalue weighted by atomic mass is 10.0. The summed E-state index contributed by atoms with van der Waals surface area (Å²) in [7, 11) is 0. The van der Waals surface area contributed by atoms with Crippen LogP contribution in [0.15, 0.2) is 51.8 Å². The Morgan fingerprint density at radius 2 is 0.577 bits per heavy atom. The van der Waals surface area contributed by atoms with Crippen molar-refractivity contribution in [2.24, 2.45) is 0 Å². The molecule has 1 aliphatic carbocycles. The van der Waals surface area contributed by atoms with Crippen LogP contribution in [-0.2, 0) is 14.3 Å². The molecule has 286 valence electrons. The predicted octanol–water partition coefficient (Wildman–Crippen LogP) is 1.55. The Hall–Kier alpha value is -5.94. The number of hydrogen-bond donors (Lipinski definition) is 6. The summed E-state index contributed by atoms with van der Waals surface area (Å²) < 4.78 is 20.1. The molecule has 0 saturated carbocycles. The molecule has 18 heteroatoms. The highest BCUT2D eigenvalue weighted by molar-refractivity contribution is 6.21. The van der Waals surface area contributed by atoms with E-state index in [9.17, 15) is 43.5 Å². The maximum Gasteiger partial charge on any atom is 0.280 e. The van der Waals surface area contributed by atoms with E-state index in [4.69, 9.17) is 44.5 Å². The van der Waals surface area contributed by atoms with Crippen LogP contribution in [-0.4, -0.2) is 64.6 Å². The van der Waals surface area contributed by atoms with Crippen molar-refractivity contribution in [3.8, 4) is 34.5 Å². The van der Waals surface area contributed by atoms with Crippen molar-refractivity contribution >= 4 is 11.6 Å². The number of ketones is 2. The Morgan fingerprint density at radius 3 is 0.827 bits per heavy atom. The zero-order chi connectivity index (χ0) is 41.2. The summed E-state index contributed by atoms with van der Waals surface area (Å²) in [5, 5.41) is 54.2. The largest absolute Gasteiger partial charge is 0.501 e. The molecule has 0 fully saturated rings. The molecule has 0 amide bonds. The molecule has 3 aromatic rings. The normalized spacial score (nSPS) is 13.8. The van der Waals surface area contributed by atoms with Gasteiger partial charge in [0.2, 0.25) is 57.5 Å². The number of aliphatic hydroxyl groups excluding tert-OH is 3. The van der Waals surface area contributed by atoms with Crippen molar-refractivity contribution in [1.82, 2.24) is 0 Å². The molecule has 0 spiro atoms. The third-order valence-electron chi connectivity index (χ3n) is 5.39. The van der Waals surface area contributed by atoms with E-state index in [1.54, 1.807) is 62.3 Å². The number of Topliss-reactive ketones (excluding diaryl/α,β-unsaturated/α-hetero) is 2. The van der Waals surface area contributed by atoms with Crippen molar-refractivity contribution in [3.05, 3.63) is 84.4 Å². The van der Waals surface area contributed by atoms with E-state index in [2.05, 4.69) is 0 Å². The maximum atomic E-state index is 11.4. The Balaban J connectivity index is 0.000000351. The number of carbonyl (C=O) groups is 2. The van der Waals surface area contributed by atoms with Crippen LogP contribution in [0.25, 0.3) is 0 Å². The standard InChI is InChI=1S/C10H12O6.C9H10O5.C8H10O4.C7H10O3/c1-10(2,3)16-9-7(14)5(12)4(11)6(13)8(9)15;1-9(2,3)14-8-6(12)4(10)5(11)7(8)13;1-8(2,3)12-7-5(10)4(9)6(7)11;1-7(2,3)10-6-4(8)5(6)9/h11-12,15H,1-3H3;12H,1-3H3;10H,1-3H3;8H,1-3H3. The molecule has 0 atom stereocenters. The Bertz CT molecular complexity index is 2120. The van der Waals surface area contributed by atoms with Gasteiger partial charge in [0.1, 0.15) is 22.4 Å². The predicted molar refractivity (Wildman–Crippen MR) is 183 cm³/mol. The van der Waals surface area contributed by atoms with Gasteiger partial charge in [0, 0.05) is 0 Å². The number of rotatable bonds is 4. The van der Waals surface area contributed by atoms with Gasteiger partial charge in [-0.1, -0.05) is 0 Å². The molecule has 6 N–H and O–H groups in total. The minimum absolute atomic E-state index is 0.118. The molecule has 1 aliphatic rings. The molecule has 3 aromatic carbocycles. The van der Waals surface area contributed by atoms with Gasteiger partial charge in [0.25, 0.3) is 44.1 Å². The first-order valence-electron chi connectivity index (χ1n) is 15.1. The molecular weight excluding hydrogens is 696 g/mol. The molecule has 0 heterocycles. The molecule has 0 bridgehead atoms. The van der Waals surface area contributed by atoms with Crippen LogP contribution < -0.4 is 46.8 Å². The van der Waals surface area contributed by atoms with Gasteiger partial charge >= 0.3 is 0 Å². The van der Waals surface area contributed by atoms with Crippen molar-refractivity contribution in [2.75, 3.05) is 0 Å². The van der Waals surface area contributed by atoms with Gasteiger partial charge in [-0.05, 0) is 83.1 Å². The molecule has 52 heavy (non-hydrogen) atoms. The fourth-order valence-corrected chi connectivity index (χ4v) is 3.28. The second-order valence-corrected chi connectivity index (χ2v) is 14.9. The van der Waals surface area contributed by atoms with Crippen LogP contribution in [0.1, 0.15) is 83.1 Å². The number of aromatic hydroxyl groups is 3. The summed E-state index contributed by atoms with van der Waals surface area (Å²) in [5.41, 5.74) is -8.05. The molecule has 0 aliphatic heterocycles. The molecular formula is C34H42O18. The average Bonchev–Trinajstić information content (AvgIpc) is 3.50. The summed E-state index contributed by atoms with van der Waals surface area (Å²) in [4.78, 5) is 87.1. The molecule has 0 unspecified atom stereocenters. The van der Waals surface area contributed by atoms with Crippen LogP contribution in [0.3, 0.4) is 0 Å². The van der Waals surface area contributed by atoms with Crippen LogP contribution >= 0.6 is 0 Å². The van der Waals surface area contributed by atoms with E-state index in [1.807, 2.05) is 20.8 Å². The first-order chi connectivity index (χ1) is 23.1. The first-order valence-corrected chi connectivity index (χ1v) is 15.1. The van der Waals surface area contributed by atoms with E-state index >= 15 is 0 Å². The second kappa shape index (κ2) is 15.1. The highest BCUT2D eigenvalue weighted by Gasteiger charge is 2.38. The van der Waals surface area contributed by atoms with Crippen molar-refractivity contribution in [3.63, 3.8) is 0 Å². The summed E-state index contributed by atoms with van der Waals surface area (Å²) >= 11 is 0. The number of carbonyl (C=O) groups excluding carboxylic acids is 2. The Kier molecular flexibility index (Phi) is 12.8. The lowest BCUT2D eigenvalue weighted by Crippen LogP contribution is -2.36. The Morgan fingerprint density at radius 1 is 0.327 bits per heavy atom. The summed E-state index contributed by atoms with van der Waals surface area (Å²) in [6.45, 7) is 20.3. The highest BCUT2D eigenvalue weighted by Crippen LogP contribution is 2.30. The Labute approximate surface area is 295 Å². The minimum atomic E-state index is -1.25. The highest BCUT2D eigenvalue weighted by atomic mass is 16.5. The van der Waals surface area contributed by atoms with Gasteiger partial charge in [-0.25, -0.2) is 0 Å². The van der Waals surface area contributed by atoms with E-state index < -0.39 is 101 Å².